The highest BCUT2D eigenvalue weighted by molar-refractivity contribution is 5.94. The Morgan fingerprint density at radius 2 is 2.22 bits per heavy atom. The van der Waals surface area contributed by atoms with Crippen LogP contribution in [0.2, 0.25) is 0 Å². The van der Waals surface area contributed by atoms with Crippen LogP contribution in [-0.4, -0.2) is 40.1 Å². The van der Waals surface area contributed by atoms with Crippen molar-refractivity contribution < 1.29 is 14.1 Å². The van der Waals surface area contributed by atoms with Crippen LogP contribution in [-0.2, 0) is 12.8 Å². The molecule has 1 saturated heterocycles. The van der Waals surface area contributed by atoms with Crippen LogP contribution in [0.15, 0.2) is 28.9 Å². The molecule has 3 heterocycles. The van der Waals surface area contributed by atoms with Gasteiger partial charge in [0, 0.05) is 37.2 Å². The number of amides is 1. The largest absolute Gasteiger partial charge is 0.472 e. The molecule has 1 fully saturated rings. The molecule has 2 aliphatic rings. The highest BCUT2D eigenvalue weighted by Gasteiger charge is 2.32. The zero-order valence-electron chi connectivity index (χ0n) is 12.9. The van der Waals surface area contributed by atoms with Crippen LogP contribution in [0.4, 0.5) is 0 Å². The van der Waals surface area contributed by atoms with Crippen LogP contribution >= 0.6 is 0 Å². The summed E-state index contributed by atoms with van der Waals surface area (Å²) >= 11 is 0. The second-order valence-corrected chi connectivity index (χ2v) is 6.09. The van der Waals surface area contributed by atoms with Crippen LogP contribution in [0.1, 0.15) is 41.1 Å². The second-order valence-electron chi connectivity index (χ2n) is 6.09. The fraction of sp³-hybridized carbons (Fsp3) is 0.471. The van der Waals surface area contributed by atoms with Crippen molar-refractivity contribution >= 4 is 5.91 Å². The molecule has 0 saturated carbocycles. The molecule has 6 heteroatoms. The van der Waals surface area contributed by atoms with E-state index in [1.54, 1.807) is 11.1 Å². The van der Waals surface area contributed by atoms with Gasteiger partial charge < -0.3 is 14.2 Å². The first kappa shape index (κ1) is 14.2. The summed E-state index contributed by atoms with van der Waals surface area (Å²) in [5, 5.41) is 4.03. The molecule has 6 nitrogen and oxygen atoms in total. The second kappa shape index (κ2) is 6.02. The van der Waals surface area contributed by atoms with Crippen molar-refractivity contribution in [2.24, 2.45) is 0 Å². The van der Waals surface area contributed by atoms with Crippen LogP contribution in [0.3, 0.4) is 0 Å². The van der Waals surface area contributed by atoms with Gasteiger partial charge in [-0.3, -0.25) is 4.79 Å². The number of ether oxygens (including phenoxy) is 1. The molecular formula is C17H19N3O3. The van der Waals surface area contributed by atoms with Gasteiger partial charge in [-0.2, -0.15) is 0 Å². The molecule has 0 N–H and O–H groups in total. The molecule has 1 atom stereocenters. The number of aryl methyl sites for hydroxylation is 1. The van der Waals surface area contributed by atoms with Gasteiger partial charge in [0.25, 0.3) is 5.91 Å². The van der Waals surface area contributed by atoms with Gasteiger partial charge in [-0.1, -0.05) is 11.2 Å². The zero-order chi connectivity index (χ0) is 15.6. The lowest BCUT2D eigenvalue weighted by molar-refractivity contribution is 0.0760. The number of carbonyl (C=O) groups is 1. The highest BCUT2D eigenvalue weighted by Crippen LogP contribution is 2.26. The predicted octanol–water partition coefficient (Wildman–Crippen LogP) is 2.24. The minimum Gasteiger partial charge on any atom is -0.472 e. The van der Waals surface area contributed by atoms with Crippen LogP contribution in [0.25, 0.3) is 0 Å². The summed E-state index contributed by atoms with van der Waals surface area (Å²) in [5.74, 6) is 1.45. The quantitative estimate of drug-likeness (QED) is 0.869. The lowest BCUT2D eigenvalue weighted by atomic mass is 9.96. The molecule has 0 radical (unpaired) electrons. The summed E-state index contributed by atoms with van der Waals surface area (Å²) in [7, 11) is 0. The maximum absolute atomic E-state index is 12.7. The van der Waals surface area contributed by atoms with E-state index >= 15 is 0 Å². The van der Waals surface area contributed by atoms with Gasteiger partial charge in [-0.05, 0) is 25.3 Å². The molecule has 0 aromatic carbocycles. The molecule has 1 unspecified atom stereocenters. The average molecular weight is 313 g/mol. The first-order valence-corrected chi connectivity index (χ1v) is 8.15. The van der Waals surface area contributed by atoms with E-state index in [-0.39, 0.29) is 12.0 Å². The van der Waals surface area contributed by atoms with Crippen molar-refractivity contribution in [2.75, 3.05) is 13.1 Å². The van der Waals surface area contributed by atoms with E-state index in [0.29, 0.717) is 24.7 Å². The van der Waals surface area contributed by atoms with Gasteiger partial charge in [0.15, 0.2) is 5.69 Å². The van der Waals surface area contributed by atoms with E-state index in [1.165, 1.54) is 0 Å². The Morgan fingerprint density at radius 3 is 3.09 bits per heavy atom. The Morgan fingerprint density at radius 1 is 1.30 bits per heavy atom. The van der Waals surface area contributed by atoms with Crippen molar-refractivity contribution in [3.8, 4) is 5.88 Å². The standard InChI is InChI=1S/C17H19N3O3/c21-17(16-13-5-1-2-6-14(13)23-19-16)20-10-8-12(11-20)22-15-7-3-4-9-18-15/h3-4,7,9,12H,1-2,5-6,8,10-11H2. The minimum atomic E-state index is -0.0379. The van der Waals surface area contributed by atoms with E-state index in [0.717, 1.165) is 43.4 Å². The number of hydrogen-bond acceptors (Lipinski definition) is 5. The summed E-state index contributed by atoms with van der Waals surface area (Å²) in [6.45, 7) is 1.25. The maximum Gasteiger partial charge on any atom is 0.276 e. The first-order chi connectivity index (χ1) is 11.3. The molecule has 1 aliphatic carbocycles. The highest BCUT2D eigenvalue weighted by atomic mass is 16.5. The van der Waals surface area contributed by atoms with Crippen LogP contribution in [0, 0.1) is 0 Å². The van der Waals surface area contributed by atoms with Crippen LogP contribution in [0.5, 0.6) is 5.88 Å². The molecular weight excluding hydrogens is 294 g/mol. The summed E-state index contributed by atoms with van der Waals surface area (Å²) in [5.41, 5.74) is 1.51. The normalized spacial score (nSPS) is 20.3. The third-order valence-corrected chi connectivity index (χ3v) is 4.51. The fourth-order valence-corrected chi connectivity index (χ4v) is 3.30. The summed E-state index contributed by atoms with van der Waals surface area (Å²) in [4.78, 5) is 18.7. The molecule has 1 aliphatic heterocycles. The molecule has 2 aromatic rings. The lowest BCUT2D eigenvalue weighted by Gasteiger charge is -2.17. The van der Waals surface area contributed by atoms with Gasteiger partial charge in [0.05, 0.1) is 6.54 Å². The summed E-state index contributed by atoms with van der Waals surface area (Å²) in [6, 6.07) is 5.57. The number of fused-ring (bicyclic) bond motifs is 1. The third kappa shape index (κ3) is 2.81. The number of nitrogens with zero attached hydrogens (tertiary/aromatic N) is 3. The van der Waals surface area contributed by atoms with Gasteiger partial charge in [0.1, 0.15) is 11.9 Å². The zero-order valence-corrected chi connectivity index (χ0v) is 12.9. The number of rotatable bonds is 3. The van der Waals surface area contributed by atoms with E-state index < -0.39 is 0 Å². The smallest absolute Gasteiger partial charge is 0.276 e. The Balaban J connectivity index is 1.43. The van der Waals surface area contributed by atoms with Gasteiger partial charge >= 0.3 is 0 Å². The van der Waals surface area contributed by atoms with Crippen molar-refractivity contribution in [2.45, 2.75) is 38.2 Å². The van der Waals surface area contributed by atoms with Gasteiger partial charge in [-0.25, -0.2) is 4.98 Å². The number of aromatic nitrogens is 2. The molecule has 0 bridgehead atoms. The van der Waals surface area contributed by atoms with E-state index in [2.05, 4.69) is 10.1 Å². The molecule has 120 valence electrons. The lowest BCUT2D eigenvalue weighted by Crippen LogP contribution is -2.32. The molecule has 1 amide bonds. The van der Waals surface area contributed by atoms with Crippen molar-refractivity contribution in [3.05, 3.63) is 41.4 Å². The average Bonchev–Trinajstić information content (AvgIpc) is 3.22. The molecule has 2 aromatic heterocycles. The molecule has 23 heavy (non-hydrogen) atoms. The Bertz CT molecular complexity index is 698. The Labute approximate surface area is 134 Å². The van der Waals surface area contributed by atoms with Gasteiger partial charge in [-0.15, -0.1) is 0 Å². The summed E-state index contributed by atoms with van der Waals surface area (Å²) < 4.78 is 11.2. The molecule has 4 rings (SSSR count). The van der Waals surface area contributed by atoms with Crippen molar-refractivity contribution in [3.63, 3.8) is 0 Å². The van der Waals surface area contributed by atoms with Crippen molar-refractivity contribution in [1.29, 1.82) is 0 Å². The number of likely N-dealkylation sites (tertiary alicyclic amines) is 1. The van der Waals surface area contributed by atoms with E-state index in [9.17, 15) is 4.79 Å². The summed E-state index contributed by atoms with van der Waals surface area (Å²) in [6.07, 6.45) is 6.48. The van der Waals surface area contributed by atoms with Crippen molar-refractivity contribution in [1.82, 2.24) is 15.0 Å². The minimum absolute atomic E-state index is 0.0171. The Kier molecular flexibility index (Phi) is 3.73. The monoisotopic (exact) mass is 313 g/mol. The van der Waals surface area contributed by atoms with Gasteiger partial charge in [0.2, 0.25) is 5.88 Å². The van der Waals surface area contributed by atoms with E-state index in [4.69, 9.17) is 9.26 Å². The topological polar surface area (TPSA) is 68.5 Å². The number of hydrogen-bond donors (Lipinski definition) is 0. The molecule has 0 spiro atoms. The third-order valence-electron chi connectivity index (χ3n) is 4.51. The Hall–Kier alpha value is -2.37. The number of carbonyl (C=O) groups excluding carboxylic acids is 1. The van der Waals surface area contributed by atoms with E-state index in [1.807, 2.05) is 18.2 Å². The fourth-order valence-electron chi connectivity index (χ4n) is 3.30. The van der Waals surface area contributed by atoms with Crippen LogP contribution < -0.4 is 4.74 Å². The predicted molar refractivity (Wildman–Crippen MR) is 82.3 cm³/mol. The number of pyridine rings is 1. The first-order valence-electron chi connectivity index (χ1n) is 8.15. The maximum atomic E-state index is 12.7. The SMILES string of the molecule is O=C(c1noc2c1CCCC2)N1CCC(Oc2ccccn2)C1.